The highest BCUT2D eigenvalue weighted by molar-refractivity contribution is 7.99. The maximum absolute atomic E-state index is 12.9. The van der Waals surface area contributed by atoms with Gasteiger partial charge in [0.1, 0.15) is 29.9 Å². The van der Waals surface area contributed by atoms with E-state index in [1.807, 2.05) is 66.9 Å². The number of benzene rings is 2. The Morgan fingerprint density at radius 2 is 1.95 bits per heavy atom. The predicted molar refractivity (Wildman–Crippen MR) is 143 cm³/mol. The van der Waals surface area contributed by atoms with Gasteiger partial charge in [-0.3, -0.25) is 15.0 Å². The number of thioether (sulfide) groups is 1. The number of imidazole rings is 1. The predicted octanol–water partition coefficient (Wildman–Crippen LogP) is 4.28. The number of amides is 2. The van der Waals surface area contributed by atoms with E-state index in [1.165, 1.54) is 0 Å². The molecule has 2 aliphatic heterocycles. The Hall–Kier alpha value is -3.76. The lowest BCUT2D eigenvalue weighted by molar-refractivity contribution is -0.138. The second-order valence-electron chi connectivity index (χ2n) is 9.05. The number of urea groups is 1. The van der Waals surface area contributed by atoms with Crippen LogP contribution in [-0.4, -0.2) is 38.5 Å². The fourth-order valence-corrected chi connectivity index (χ4v) is 5.72. The summed E-state index contributed by atoms with van der Waals surface area (Å²) in [5.41, 5.74) is 4.46. The van der Waals surface area contributed by atoms with Gasteiger partial charge in [-0.15, -0.1) is 11.8 Å². The van der Waals surface area contributed by atoms with E-state index in [9.17, 15) is 14.7 Å². The van der Waals surface area contributed by atoms with Crippen LogP contribution in [-0.2, 0) is 24.5 Å². The van der Waals surface area contributed by atoms with Gasteiger partial charge in [0.05, 0.1) is 17.6 Å². The molecule has 2 atom stereocenters. The molecular formula is C27H29N5O4S. The molecule has 3 heterocycles. The Bertz CT molecular complexity index is 1340. The number of anilines is 1. The average molecular weight is 520 g/mol. The summed E-state index contributed by atoms with van der Waals surface area (Å²) < 4.78 is 8.07. The lowest BCUT2D eigenvalue weighted by Crippen LogP contribution is -2.43. The number of rotatable bonds is 8. The number of aliphatic carboxylic acids is 1. The van der Waals surface area contributed by atoms with Crippen LogP contribution in [0.4, 0.5) is 10.6 Å². The van der Waals surface area contributed by atoms with Crippen LogP contribution in [0.25, 0.3) is 5.70 Å². The number of carboxylic acid groups (broad SMARTS) is 1. The van der Waals surface area contributed by atoms with Crippen molar-refractivity contribution in [2.45, 2.75) is 45.0 Å². The number of carbonyl (C=O) groups is 2. The summed E-state index contributed by atoms with van der Waals surface area (Å²) in [5.74, 6) is 1.64. The van der Waals surface area contributed by atoms with Crippen molar-refractivity contribution in [1.29, 1.82) is 0 Å². The first-order valence-corrected chi connectivity index (χ1v) is 13.1. The average Bonchev–Trinajstić information content (AvgIpc) is 3.52. The largest absolute Gasteiger partial charge is 0.486 e. The third-order valence-electron chi connectivity index (χ3n) is 6.48. The quantitative estimate of drug-likeness (QED) is 0.408. The molecule has 3 aromatic rings. The molecule has 2 amide bonds. The third kappa shape index (κ3) is 5.07. The van der Waals surface area contributed by atoms with Gasteiger partial charge in [-0.1, -0.05) is 48.5 Å². The lowest BCUT2D eigenvalue weighted by Gasteiger charge is -2.28. The van der Waals surface area contributed by atoms with Gasteiger partial charge in [0.2, 0.25) is 0 Å². The minimum absolute atomic E-state index is 0.0589. The molecule has 1 saturated heterocycles. The van der Waals surface area contributed by atoms with E-state index < -0.39 is 12.0 Å². The Morgan fingerprint density at radius 1 is 1.22 bits per heavy atom. The van der Waals surface area contributed by atoms with Crippen LogP contribution in [0.15, 0.2) is 55.1 Å². The van der Waals surface area contributed by atoms with Gasteiger partial charge in [-0.25, -0.2) is 9.78 Å². The van der Waals surface area contributed by atoms with Crippen molar-refractivity contribution in [3.8, 4) is 5.75 Å². The zero-order valence-electron chi connectivity index (χ0n) is 20.7. The summed E-state index contributed by atoms with van der Waals surface area (Å²) in [5, 5.41) is 15.1. The number of nitrogens with one attached hydrogen (secondary N) is 2. The second kappa shape index (κ2) is 10.3. The van der Waals surface area contributed by atoms with Crippen LogP contribution >= 0.6 is 11.8 Å². The molecule has 0 spiro atoms. The molecule has 1 aromatic heterocycles. The van der Waals surface area contributed by atoms with Crippen LogP contribution in [0.5, 0.6) is 5.75 Å². The number of ether oxygens (including phenoxy) is 1. The number of aryl methyl sites for hydroxylation is 1. The highest BCUT2D eigenvalue weighted by Crippen LogP contribution is 2.34. The number of aromatic nitrogens is 2. The van der Waals surface area contributed by atoms with Crippen LogP contribution in [0.2, 0.25) is 0 Å². The third-order valence-corrected chi connectivity index (χ3v) is 7.75. The molecule has 9 nitrogen and oxygen atoms in total. The SMILES string of the molecule is C=C1NC(=O)N(Cc2ccc(C)cc2)c2nc(COc3ccc(C4NC(C(=O)O)CS4)cc3)n(CC)c21. The molecule has 3 N–H and O–H groups in total. The van der Waals surface area contributed by atoms with Crippen molar-refractivity contribution in [3.63, 3.8) is 0 Å². The normalized spacial score (nSPS) is 19.0. The molecule has 0 radical (unpaired) electrons. The van der Waals surface area contributed by atoms with E-state index >= 15 is 0 Å². The van der Waals surface area contributed by atoms with Crippen molar-refractivity contribution in [3.05, 3.63) is 83.3 Å². The van der Waals surface area contributed by atoms with E-state index in [0.29, 0.717) is 41.9 Å². The second-order valence-corrected chi connectivity index (χ2v) is 10.2. The number of fused-ring (bicyclic) bond motifs is 1. The summed E-state index contributed by atoms with van der Waals surface area (Å²) in [6.45, 7) is 9.36. The summed E-state index contributed by atoms with van der Waals surface area (Å²) in [6.07, 6.45) is 0. The molecule has 5 rings (SSSR count). The summed E-state index contributed by atoms with van der Waals surface area (Å²) in [4.78, 5) is 30.5. The number of hydrogen-bond acceptors (Lipinski definition) is 6. The fourth-order valence-electron chi connectivity index (χ4n) is 4.49. The zero-order valence-corrected chi connectivity index (χ0v) is 21.5. The maximum atomic E-state index is 12.9. The molecule has 1 fully saturated rings. The van der Waals surface area contributed by atoms with Gasteiger partial charge in [-0.2, -0.15) is 0 Å². The van der Waals surface area contributed by atoms with Crippen LogP contribution in [0, 0.1) is 6.92 Å². The van der Waals surface area contributed by atoms with E-state index in [4.69, 9.17) is 9.72 Å². The fraction of sp³-hybridized carbons (Fsp3) is 0.296. The lowest BCUT2D eigenvalue weighted by atomic mass is 10.1. The Labute approximate surface area is 219 Å². The van der Waals surface area contributed by atoms with Gasteiger partial charge in [0.15, 0.2) is 5.82 Å². The number of carbonyl (C=O) groups excluding carboxylic acids is 1. The van der Waals surface area contributed by atoms with Crippen molar-refractivity contribution < 1.29 is 19.4 Å². The standard InChI is InChI=1S/C27H29N5O4S/c1-4-31-22(14-36-20-11-9-19(10-12-20)25-29-21(15-37-25)26(33)34)30-24-23(31)17(3)28-27(35)32(24)13-18-7-5-16(2)6-8-18/h5-12,21,25,29H,3-4,13-15H2,1-2H3,(H,28,35)(H,33,34). The number of carboxylic acids is 1. The maximum Gasteiger partial charge on any atom is 0.327 e. The minimum atomic E-state index is -0.832. The minimum Gasteiger partial charge on any atom is -0.486 e. The molecular weight excluding hydrogens is 490 g/mol. The summed E-state index contributed by atoms with van der Waals surface area (Å²) >= 11 is 1.58. The molecule has 0 aliphatic carbocycles. The summed E-state index contributed by atoms with van der Waals surface area (Å²) in [6, 6.07) is 14.9. The molecule has 2 aliphatic rings. The molecule has 0 bridgehead atoms. The zero-order chi connectivity index (χ0) is 26.1. The van der Waals surface area contributed by atoms with Crippen LogP contribution in [0.3, 0.4) is 0 Å². The Balaban J connectivity index is 1.33. The summed E-state index contributed by atoms with van der Waals surface area (Å²) in [7, 11) is 0. The van der Waals surface area contributed by atoms with Gasteiger partial charge in [0.25, 0.3) is 0 Å². The van der Waals surface area contributed by atoms with Crippen molar-refractivity contribution in [2.75, 3.05) is 10.7 Å². The van der Waals surface area contributed by atoms with E-state index in [-0.39, 0.29) is 18.0 Å². The van der Waals surface area contributed by atoms with E-state index in [1.54, 1.807) is 16.7 Å². The highest BCUT2D eigenvalue weighted by Gasteiger charge is 2.33. The molecule has 2 unspecified atom stereocenters. The highest BCUT2D eigenvalue weighted by atomic mass is 32.2. The first kappa shape index (κ1) is 24.9. The van der Waals surface area contributed by atoms with Crippen molar-refractivity contribution >= 4 is 35.3 Å². The molecule has 192 valence electrons. The van der Waals surface area contributed by atoms with Gasteiger partial charge in [-0.05, 0) is 37.1 Å². The monoisotopic (exact) mass is 519 g/mol. The van der Waals surface area contributed by atoms with Gasteiger partial charge in [0, 0.05) is 12.3 Å². The number of hydrogen-bond donors (Lipinski definition) is 3. The van der Waals surface area contributed by atoms with Crippen LogP contribution in [0.1, 0.15) is 40.5 Å². The first-order chi connectivity index (χ1) is 17.8. The molecule has 2 aromatic carbocycles. The smallest absolute Gasteiger partial charge is 0.327 e. The van der Waals surface area contributed by atoms with Gasteiger partial charge >= 0.3 is 12.0 Å². The van der Waals surface area contributed by atoms with E-state index in [2.05, 4.69) is 17.2 Å². The van der Waals surface area contributed by atoms with Crippen molar-refractivity contribution in [1.82, 2.24) is 20.2 Å². The van der Waals surface area contributed by atoms with Gasteiger partial charge < -0.3 is 19.7 Å². The first-order valence-electron chi connectivity index (χ1n) is 12.1. The molecule has 10 heteroatoms. The van der Waals surface area contributed by atoms with Crippen molar-refractivity contribution in [2.24, 2.45) is 0 Å². The van der Waals surface area contributed by atoms with E-state index in [0.717, 1.165) is 22.4 Å². The Morgan fingerprint density at radius 3 is 2.59 bits per heavy atom. The van der Waals surface area contributed by atoms with Crippen LogP contribution < -0.4 is 20.3 Å². The topological polar surface area (TPSA) is 109 Å². The Kier molecular flexibility index (Phi) is 6.94. The molecule has 37 heavy (non-hydrogen) atoms. The molecule has 0 saturated carbocycles. The number of nitrogens with zero attached hydrogens (tertiary/aromatic N) is 3.